The highest BCUT2D eigenvalue weighted by atomic mass is 16.5. The van der Waals surface area contributed by atoms with E-state index in [1.165, 1.54) is 0 Å². The largest absolute Gasteiger partial charge is 0.496 e. The van der Waals surface area contributed by atoms with Crippen molar-refractivity contribution in [3.63, 3.8) is 0 Å². The van der Waals surface area contributed by atoms with Crippen LogP contribution in [0.1, 0.15) is 31.9 Å². The zero-order valence-electron chi connectivity index (χ0n) is 15.1. The Morgan fingerprint density at radius 3 is 2.28 bits per heavy atom. The van der Waals surface area contributed by atoms with Crippen molar-refractivity contribution in [2.45, 2.75) is 32.7 Å². The number of hydrogen-bond acceptors (Lipinski definition) is 3. The minimum atomic E-state index is -0.688. The SMILES string of the molecule is COc1ccccc1CNC(=O)C(=O)Nc1ccccc1C(C)(C)C. The average Bonchev–Trinajstić information content (AvgIpc) is 2.59. The van der Waals surface area contributed by atoms with Crippen molar-refractivity contribution in [1.82, 2.24) is 5.32 Å². The highest BCUT2D eigenvalue weighted by molar-refractivity contribution is 6.39. The fraction of sp³-hybridized carbons (Fsp3) is 0.300. The smallest absolute Gasteiger partial charge is 0.313 e. The van der Waals surface area contributed by atoms with Crippen LogP contribution in [-0.4, -0.2) is 18.9 Å². The first-order chi connectivity index (χ1) is 11.8. The van der Waals surface area contributed by atoms with Crippen LogP contribution in [0.15, 0.2) is 48.5 Å². The highest BCUT2D eigenvalue weighted by Crippen LogP contribution is 2.29. The summed E-state index contributed by atoms with van der Waals surface area (Å²) in [5.41, 5.74) is 2.28. The van der Waals surface area contributed by atoms with Gasteiger partial charge < -0.3 is 15.4 Å². The molecule has 0 bridgehead atoms. The van der Waals surface area contributed by atoms with E-state index < -0.39 is 11.8 Å². The Labute approximate surface area is 148 Å². The maximum absolute atomic E-state index is 12.2. The number of benzene rings is 2. The van der Waals surface area contributed by atoms with Gasteiger partial charge in [0.25, 0.3) is 0 Å². The molecule has 132 valence electrons. The molecule has 0 aliphatic carbocycles. The molecule has 0 aliphatic heterocycles. The van der Waals surface area contributed by atoms with E-state index in [1.807, 2.05) is 36.4 Å². The third-order valence-corrected chi connectivity index (χ3v) is 3.82. The molecule has 0 saturated heterocycles. The molecule has 2 aromatic rings. The second-order valence-corrected chi connectivity index (χ2v) is 6.74. The third kappa shape index (κ3) is 4.83. The average molecular weight is 340 g/mol. The zero-order chi connectivity index (χ0) is 18.4. The molecule has 2 amide bonds. The van der Waals surface area contributed by atoms with Crippen molar-refractivity contribution >= 4 is 17.5 Å². The summed E-state index contributed by atoms with van der Waals surface area (Å²) in [6.45, 7) is 6.39. The van der Waals surface area contributed by atoms with Crippen LogP contribution in [0.4, 0.5) is 5.69 Å². The van der Waals surface area contributed by atoms with Crippen LogP contribution in [0.25, 0.3) is 0 Å². The molecule has 0 spiro atoms. The first-order valence-electron chi connectivity index (χ1n) is 8.13. The minimum absolute atomic E-state index is 0.141. The Morgan fingerprint density at radius 2 is 1.60 bits per heavy atom. The number of rotatable bonds is 4. The van der Waals surface area contributed by atoms with Gasteiger partial charge in [0.05, 0.1) is 7.11 Å². The maximum atomic E-state index is 12.2. The Balaban J connectivity index is 2.03. The fourth-order valence-electron chi connectivity index (χ4n) is 2.53. The lowest BCUT2D eigenvalue weighted by Crippen LogP contribution is -2.35. The van der Waals surface area contributed by atoms with Crippen molar-refractivity contribution < 1.29 is 14.3 Å². The molecular weight excluding hydrogens is 316 g/mol. The van der Waals surface area contributed by atoms with Gasteiger partial charge in [-0.2, -0.15) is 0 Å². The topological polar surface area (TPSA) is 67.4 Å². The fourth-order valence-corrected chi connectivity index (χ4v) is 2.53. The second-order valence-electron chi connectivity index (χ2n) is 6.74. The summed E-state index contributed by atoms with van der Waals surface area (Å²) in [6.07, 6.45) is 0. The van der Waals surface area contributed by atoms with E-state index in [0.717, 1.165) is 11.1 Å². The van der Waals surface area contributed by atoms with Gasteiger partial charge in [-0.3, -0.25) is 9.59 Å². The molecule has 5 heteroatoms. The van der Waals surface area contributed by atoms with Gasteiger partial charge in [-0.15, -0.1) is 0 Å². The standard InChI is InChI=1S/C20H24N2O3/c1-20(2,3)15-10-6-7-11-16(15)22-19(24)18(23)21-13-14-9-5-8-12-17(14)25-4/h5-12H,13H2,1-4H3,(H,21,23)(H,22,24). The predicted molar refractivity (Wildman–Crippen MR) is 98.6 cm³/mol. The van der Waals surface area contributed by atoms with E-state index in [2.05, 4.69) is 31.4 Å². The first kappa shape index (κ1) is 18.5. The molecule has 0 heterocycles. The van der Waals surface area contributed by atoms with Crippen LogP contribution in [0.2, 0.25) is 0 Å². The Bertz CT molecular complexity index is 764. The van der Waals surface area contributed by atoms with Crippen molar-refractivity contribution in [2.24, 2.45) is 0 Å². The number of carbonyl (C=O) groups excluding carboxylic acids is 2. The number of anilines is 1. The Hall–Kier alpha value is -2.82. The predicted octanol–water partition coefficient (Wildman–Crippen LogP) is 3.25. The van der Waals surface area contributed by atoms with Crippen LogP contribution in [0.3, 0.4) is 0 Å². The minimum Gasteiger partial charge on any atom is -0.496 e. The number of nitrogens with one attached hydrogen (secondary N) is 2. The normalized spacial score (nSPS) is 10.9. The molecule has 0 atom stereocenters. The van der Waals surface area contributed by atoms with Crippen LogP contribution in [0.5, 0.6) is 5.75 Å². The summed E-state index contributed by atoms with van der Waals surface area (Å²) in [5, 5.41) is 5.32. The molecule has 0 unspecified atom stereocenters. The monoisotopic (exact) mass is 340 g/mol. The number of carbonyl (C=O) groups is 2. The summed E-state index contributed by atoms with van der Waals surface area (Å²) in [5.74, 6) is -0.706. The third-order valence-electron chi connectivity index (χ3n) is 3.82. The second kappa shape index (κ2) is 7.83. The molecule has 0 fully saturated rings. The van der Waals surface area contributed by atoms with Crippen LogP contribution in [0, 0.1) is 0 Å². The summed E-state index contributed by atoms with van der Waals surface area (Å²) < 4.78 is 5.24. The van der Waals surface area contributed by atoms with E-state index in [4.69, 9.17) is 4.74 Å². The lowest BCUT2D eigenvalue weighted by molar-refractivity contribution is -0.136. The van der Waals surface area contributed by atoms with Crippen molar-refractivity contribution in [3.05, 3.63) is 59.7 Å². The van der Waals surface area contributed by atoms with Gasteiger partial charge in [0.1, 0.15) is 5.75 Å². The van der Waals surface area contributed by atoms with E-state index in [0.29, 0.717) is 11.4 Å². The molecule has 0 aliphatic rings. The molecule has 25 heavy (non-hydrogen) atoms. The Kier molecular flexibility index (Phi) is 5.80. The molecule has 2 aromatic carbocycles. The molecular formula is C20H24N2O3. The summed E-state index contributed by atoms with van der Waals surface area (Å²) in [6, 6.07) is 14.8. The Morgan fingerprint density at radius 1 is 0.960 bits per heavy atom. The number of ether oxygens (including phenoxy) is 1. The van der Waals surface area contributed by atoms with Gasteiger partial charge in [-0.25, -0.2) is 0 Å². The van der Waals surface area contributed by atoms with E-state index in [-0.39, 0.29) is 12.0 Å². The molecule has 0 saturated carbocycles. The van der Waals surface area contributed by atoms with Gasteiger partial charge in [-0.1, -0.05) is 57.2 Å². The molecule has 0 radical (unpaired) electrons. The van der Waals surface area contributed by atoms with E-state index >= 15 is 0 Å². The number of hydrogen-bond donors (Lipinski definition) is 2. The van der Waals surface area contributed by atoms with Gasteiger partial charge in [-0.05, 0) is 23.1 Å². The van der Waals surface area contributed by atoms with Crippen molar-refractivity contribution in [2.75, 3.05) is 12.4 Å². The van der Waals surface area contributed by atoms with Gasteiger partial charge in [0.2, 0.25) is 0 Å². The van der Waals surface area contributed by atoms with E-state index in [1.54, 1.807) is 19.2 Å². The summed E-state index contributed by atoms with van der Waals surface area (Å²) in [4.78, 5) is 24.3. The molecule has 2 rings (SSSR count). The first-order valence-corrected chi connectivity index (χ1v) is 8.13. The maximum Gasteiger partial charge on any atom is 0.313 e. The van der Waals surface area contributed by atoms with Gasteiger partial charge >= 0.3 is 11.8 Å². The van der Waals surface area contributed by atoms with E-state index in [9.17, 15) is 9.59 Å². The van der Waals surface area contributed by atoms with Gasteiger partial charge in [0, 0.05) is 17.8 Å². The molecule has 0 aromatic heterocycles. The number of para-hydroxylation sites is 2. The van der Waals surface area contributed by atoms with Gasteiger partial charge in [0.15, 0.2) is 0 Å². The molecule has 5 nitrogen and oxygen atoms in total. The van der Waals surface area contributed by atoms with Crippen molar-refractivity contribution in [3.8, 4) is 5.75 Å². The number of methoxy groups -OCH3 is 1. The number of amides is 2. The summed E-state index contributed by atoms with van der Waals surface area (Å²) >= 11 is 0. The van der Waals surface area contributed by atoms with Crippen molar-refractivity contribution in [1.29, 1.82) is 0 Å². The zero-order valence-corrected chi connectivity index (χ0v) is 15.1. The van der Waals surface area contributed by atoms with Crippen LogP contribution >= 0.6 is 0 Å². The lowest BCUT2D eigenvalue weighted by atomic mass is 9.86. The van der Waals surface area contributed by atoms with Crippen LogP contribution < -0.4 is 15.4 Å². The lowest BCUT2D eigenvalue weighted by Gasteiger charge is -2.22. The quantitative estimate of drug-likeness (QED) is 0.840. The highest BCUT2D eigenvalue weighted by Gasteiger charge is 2.21. The summed E-state index contributed by atoms with van der Waals surface area (Å²) in [7, 11) is 1.57. The molecule has 2 N–H and O–H groups in total. The van der Waals surface area contributed by atoms with Crippen LogP contribution in [-0.2, 0) is 21.5 Å².